The normalized spacial score (nSPS) is 14.8. The molecular weight excluding hydrogens is 494 g/mol. The number of hydrogen-bond acceptors (Lipinski definition) is 8. The van der Waals surface area contributed by atoms with Crippen LogP contribution in [0.15, 0.2) is 30.3 Å². The van der Waals surface area contributed by atoms with Crippen molar-refractivity contribution in [1.82, 2.24) is 26.8 Å². The Morgan fingerprint density at radius 2 is 1.26 bits per heavy atom. The summed E-state index contributed by atoms with van der Waals surface area (Å²) in [5.74, 6) is -1.03. The minimum absolute atomic E-state index is 0.122. The van der Waals surface area contributed by atoms with Gasteiger partial charge in [-0.2, -0.15) is 0 Å². The van der Waals surface area contributed by atoms with Crippen molar-refractivity contribution in [3.63, 3.8) is 0 Å². The van der Waals surface area contributed by atoms with Gasteiger partial charge in [-0.1, -0.05) is 71.9 Å². The van der Waals surface area contributed by atoms with E-state index in [2.05, 4.69) is 36.3 Å². The molecule has 1 aromatic carbocycles. The minimum atomic E-state index is -1.14. The largest absolute Gasteiger partial charge is 0.453 e. The van der Waals surface area contributed by atoms with Gasteiger partial charge in [0.25, 0.3) is 5.91 Å². The third-order valence-corrected chi connectivity index (χ3v) is 5.76. The highest BCUT2D eigenvalue weighted by Gasteiger charge is 2.36. The Labute approximate surface area is 224 Å². The zero-order valence-electron chi connectivity index (χ0n) is 23.5. The van der Waals surface area contributed by atoms with Gasteiger partial charge in [-0.25, -0.2) is 15.0 Å². The van der Waals surface area contributed by atoms with Crippen molar-refractivity contribution in [2.45, 2.75) is 72.2 Å². The lowest BCUT2D eigenvalue weighted by atomic mass is 9.85. The molecule has 0 heterocycles. The van der Waals surface area contributed by atoms with Gasteiger partial charge in [-0.3, -0.25) is 15.0 Å². The van der Waals surface area contributed by atoms with Crippen LogP contribution in [0, 0.1) is 10.8 Å². The van der Waals surface area contributed by atoms with Gasteiger partial charge in [0.1, 0.15) is 12.1 Å². The average Bonchev–Trinajstić information content (AvgIpc) is 2.83. The molecular formula is C26H43N5O7. The van der Waals surface area contributed by atoms with Gasteiger partial charge in [0.15, 0.2) is 0 Å². The number of carbonyl (C=O) groups excluding carboxylic acids is 4. The molecule has 214 valence electrons. The molecule has 4 amide bonds. The van der Waals surface area contributed by atoms with Crippen molar-refractivity contribution in [3.8, 4) is 0 Å². The highest BCUT2D eigenvalue weighted by Crippen LogP contribution is 2.21. The van der Waals surface area contributed by atoms with Crippen LogP contribution in [0.5, 0.6) is 0 Å². The monoisotopic (exact) mass is 537 g/mol. The molecule has 0 fully saturated rings. The van der Waals surface area contributed by atoms with Gasteiger partial charge in [-0.05, 0) is 22.8 Å². The first-order valence-corrected chi connectivity index (χ1v) is 12.3. The molecule has 1 aromatic rings. The summed E-state index contributed by atoms with van der Waals surface area (Å²) in [7, 11) is 2.41. The molecule has 0 saturated carbocycles. The van der Waals surface area contributed by atoms with Crippen LogP contribution in [0.3, 0.4) is 0 Å². The Balaban J connectivity index is 2.99. The molecule has 0 bridgehead atoms. The smallest absolute Gasteiger partial charge is 0.407 e. The van der Waals surface area contributed by atoms with Crippen molar-refractivity contribution < 1.29 is 33.8 Å². The molecule has 0 aliphatic carbocycles. The van der Waals surface area contributed by atoms with Crippen LogP contribution < -0.4 is 26.8 Å². The predicted octanol–water partition coefficient (Wildman–Crippen LogP) is 1.24. The standard InChI is InChI=1S/C26H43N5O7/c1-25(2,3)19(29-23(35)37-7)21(33)28-17(14-16-12-10-9-11-13-16)18(32)15-27-31-22(34)20(26(4,5)6)30-24(36)38-8/h9-13,17-20,27,32H,14-15H2,1-8H3,(H,28,33)(H,29,35)(H,30,36)(H,31,34)/t17-,18+,19-,20-/m1/s1. The van der Waals surface area contributed by atoms with Crippen LogP contribution >= 0.6 is 0 Å². The van der Waals surface area contributed by atoms with Gasteiger partial charge >= 0.3 is 12.2 Å². The van der Waals surface area contributed by atoms with E-state index in [1.165, 1.54) is 14.2 Å². The van der Waals surface area contributed by atoms with Crippen LogP contribution in [0.4, 0.5) is 9.59 Å². The van der Waals surface area contributed by atoms with E-state index >= 15 is 0 Å². The number of alkyl carbamates (subject to hydrolysis) is 2. The van der Waals surface area contributed by atoms with Gasteiger partial charge in [0.2, 0.25) is 5.91 Å². The number of aliphatic hydroxyl groups excluding tert-OH is 1. The zero-order chi connectivity index (χ0) is 29.1. The summed E-state index contributed by atoms with van der Waals surface area (Å²) in [5.41, 5.74) is 4.77. The van der Waals surface area contributed by atoms with E-state index in [0.717, 1.165) is 5.56 Å². The average molecular weight is 538 g/mol. The number of hydrogen-bond donors (Lipinski definition) is 6. The van der Waals surface area contributed by atoms with Crippen LogP contribution in [-0.2, 0) is 25.5 Å². The molecule has 0 aliphatic rings. The molecule has 0 spiro atoms. The van der Waals surface area contributed by atoms with E-state index in [1.807, 2.05) is 30.3 Å². The maximum Gasteiger partial charge on any atom is 0.407 e. The first-order chi connectivity index (χ1) is 17.6. The molecule has 0 saturated heterocycles. The predicted molar refractivity (Wildman–Crippen MR) is 142 cm³/mol. The first-order valence-electron chi connectivity index (χ1n) is 12.3. The van der Waals surface area contributed by atoms with Gasteiger partial charge < -0.3 is 30.5 Å². The van der Waals surface area contributed by atoms with E-state index < -0.39 is 59.1 Å². The summed E-state index contributed by atoms with van der Waals surface area (Å²) >= 11 is 0. The molecule has 12 nitrogen and oxygen atoms in total. The zero-order valence-corrected chi connectivity index (χ0v) is 23.5. The first kappa shape index (κ1) is 32.6. The summed E-state index contributed by atoms with van der Waals surface area (Å²) in [4.78, 5) is 49.5. The molecule has 38 heavy (non-hydrogen) atoms. The van der Waals surface area contributed by atoms with Crippen molar-refractivity contribution in [2.24, 2.45) is 10.8 Å². The fourth-order valence-corrected chi connectivity index (χ4v) is 3.58. The van der Waals surface area contributed by atoms with Gasteiger partial charge in [0, 0.05) is 6.54 Å². The lowest BCUT2D eigenvalue weighted by molar-refractivity contribution is -0.128. The van der Waals surface area contributed by atoms with Crippen molar-refractivity contribution in [1.29, 1.82) is 0 Å². The van der Waals surface area contributed by atoms with E-state index in [1.54, 1.807) is 41.5 Å². The SMILES string of the molecule is COC(=O)N[C@H](C(=O)NNC[C@H](O)[C@@H](Cc1ccccc1)NC(=O)[C@@H](NC(=O)OC)C(C)(C)C)C(C)(C)C. The Morgan fingerprint density at radius 3 is 1.71 bits per heavy atom. The molecule has 0 unspecified atom stereocenters. The lowest BCUT2D eigenvalue weighted by Gasteiger charge is -2.33. The van der Waals surface area contributed by atoms with E-state index in [-0.39, 0.29) is 13.0 Å². The topological polar surface area (TPSA) is 167 Å². The summed E-state index contributed by atoms with van der Waals surface area (Å²) < 4.78 is 9.26. The molecule has 12 heteroatoms. The Bertz CT molecular complexity index is 928. The molecule has 0 radical (unpaired) electrons. The summed E-state index contributed by atoms with van der Waals surface area (Å²) in [6, 6.07) is 6.64. The number of amides is 4. The van der Waals surface area contributed by atoms with Gasteiger partial charge in [-0.15, -0.1) is 0 Å². The number of nitrogens with one attached hydrogen (secondary N) is 5. The highest BCUT2D eigenvalue weighted by molar-refractivity contribution is 5.87. The lowest BCUT2D eigenvalue weighted by Crippen LogP contribution is -2.60. The summed E-state index contributed by atoms with van der Waals surface area (Å²) in [6.07, 6.45) is -2.36. The third kappa shape index (κ3) is 10.9. The van der Waals surface area contributed by atoms with Crippen LogP contribution in [-0.4, -0.2) is 74.1 Å². The number of aliphatic hydroxyl groups is 1. The quantitative estimate of drug-likeness (QED) is 0.229. The number of benzene rings is 1. The van der Waals surface area contributed by atoms with E-state index in [9.17, 15) is 24.3 Å². The van der Waals surface area contributed by atoms with Crippen LogP contribution in [0.2, 0.25) is 0 Å². The molecule has 1 rings (SSSR count). The molecule has 0 aliphatic heterocycles. The second-order valence-corrected chi connectivity index (χ2v) is 11.1. The summed E-state index contributed by atoms with van der Waals surface area (Å²) in [6.45, 7) is 10.6. The van der Waals surface area contributed by atoms with Crippen molar-refractivity contribution >= 4 is 24.0 Å². The van der Waals surface area contributed by atoms with E-state index in [0.29, 0.717) is 0 Å². The molecule has 6 N–H and O–H groups in total. The number of ether oxygens (including phenoxy) is 2. The summed E-state index contributed by atoms with van der Waals surface area (Å²) in [5, 5.41) is 18.9. The van der Waals surface area contributed by atoms with Gasteiger partial charge in [0.05, 0.1) is 26.4 Å². The number of carbonyl (C=O) groups is 4. The second-order valence-electron chi connectivity index (χ2n) is 11.1. The number of rotatable bonds is 11. The minimum Gasteiger partial charge on any atom is -0.453 e. The highest BCUT2D eigenvalue weighted by atomic mass is 16.5. The van der Waals surface area contributed by atoms with Crippen molar-refractivity contribution in [3.05, 3.63) is 35.9 Å². The Hall–Kier alpha value is -3.38. The van der Waals surface area contributed by atoms with Crippen LogP contribution in [0.1, 0.15) is 47.1 Å². The molecule has 0 aromatic heterocycles. The van der Waals surface area contributed by atoms with Crippen LogP contribution in [0.25, 0.3) is 0 Å². The van der Waals surface area contributed by atoms with E-state index in [4.69, 9.17) is 0 Å². The molecule has 4 atom stereocenters. The fourth-order valence-electron chi connectivity index (χ4n) is 3.58. The number of hydrazine groups is 1. The fraction of sp³-hybridized carbons (Fsp3) is 0.615. The Kier molecular flexibility index (Phi) is 12.5. The van der Waals surface area contributed by atoms with Crippen molar-refractivity contribution in [2.75, 3.05) is 20.8 Å². The third-order valence-electron chi connectivity index (χ3n) is 5.76. The second kappa shape index (κ2) is 14.5. The maximum atomic E-state index is 13.2. The number of methoxy groups -OCH3 is 2. The Morgan fingerprint density at radius 1 is 0.789 bits per heavy atom. The maximum absolute atomic E-state index is 13.2.